The molecule has 5 nitrogen and oxygen atoms in total. The Morgan fingerprint density at radius 2 is 2.38 bits per heavy atom. The molecule has 0 spiro atoms. The maximum atomic E-state index is 11.0. The van der Waals surface area contributed by atoms with Gasteiger partial charge in [-0.25, -0.2) is 9.78 Å². The Kier molecular flexibility index (Phi) is 2.57. The molecular formula is C10H8N2O3S. The molecular weight excluding hydrogens is 228 g/mol. The van der Waals surface area contributed by atoms with Crippen LogP contribution >= 0.6 is 11.3 Å². The van der Waals surface area contributed by atoms with E-state index in [1.165, 1.54) is 6.33 Å². The summed E-state index contributed by atoms with van der Waals surface area (Å²) >= 11 is 1.12. The second-order valence-electron chi connectivity index (χ2n) is 3.18. The summed E-state index contributed by atoms with van der Waals surface area (Å²) in [6, 6.07) is 1.66. The highest BCUT2D eigenvalue weighted by Crippen LogP contribution is 2.28. The van der Waals surface area contributed by atoms with Gasteiger partial charge in [-0.1, -0.05) is 0 Å². The van der Waals surface area contributed by atoms with Crippen molar-refractivity contribution in [1.82, 2.24) is 9.55 Å². The molecule has 2 heterocycles. The van der Waals surface area contributed by atoms with E-state index >= 15 is 0 Å². The number of aldehydes is 1. The summed E-state index contributed by atoms with van der Waals surface area (Å²) in [5, 5.41) is 10.6. The fraction of sp³-hybridized carbons (Fsp3) is 0.100. The van der Waals surface area contributed by atoms with Gasteiger partial charge in [0, 0.05) is 12.6 Å². The number of nitrogens with zero attached hydrogens (tertiary/aromatic N) is 2. The average molecular weight is 236 g/mol. The number of carbonyl (C=O) groups is 2. The topological polar surface area (TPSA) is 72.2 Å². The molecule has 0 saturated carbocycles. The zero-order chi connectivity index (χ0) is 11.7. The van der Waals surface area contributed by atoms with E-state index in [1.54, 1.807) is 23.1 Å². The van der Waals surface area contributed by atoms with Gasteiger partial charge in [0.2, 0.25) is 0 Å². The average Bonchev–Trinajstić information content (AvgIpc) is 2.82. The number of aromatic nitrogens is 2. The van der Waals surface area contributed by atoms with Gasteiger partial charge in [0.05, 0.1) is 6.33 Å². The van der Waals surface area contributed by atoms with E-state index in [9.17, 15) is 9.59 Å². The standard InChI is InChI=1S/C10H8N2O3S/c1-12-5-11-8(7(12)4-13)6-2-3-16-9(6)10(14)15/h2-5H,1H3,(H,14,15). The maximum Gasteiger partial charge on any atom is 0.346 e. The van der Waals surface area contributed by atoms with Crippen molar-refractivity contribution in [3.63, 3.8) is 0 Å². The van der Waals surface area contributed by atoms with E-state index in [0.717, 1.165) is 11.3 Å². The van der Waals surface area contributed by atoms with Gasteiger partial charge in [0.25, 0.3) is 0 Å². The first kappa shape index (κ1) is 10.6. The number of imidazole rings is 1. The van der Waals surface area contributed by atoms with Gasteiger partial charge in [-0.15, -0.1) is 11.3 Å². The lowest BCUT2D eigenvalue weighted by atomic mass is 10.1. The van der Waals surface area contributed by atoms with Gasteiger partial charge in [0.15, 0.2) is 6.29 Å². The quantitative estimate of drug-likeness (QED) is 0.822. The zero-order valence-corrected chi connectivity index (χ0v) is 9.19. The summed E-state index contributed by atoms with van der Waals surface area (Å²) in [5.41, 5.74) is 1.28. The van der Waals surface area contributed by atoms with Crippen molar-refractivity contribution in [2.24, 2.45) is 7.05 Å². The lowest BCUT2D eigenvalue weighted by Gasteiger charge is -1.98. The highest BCUT2D eigenvalue weighted by Gasteiger charge is 2.18. The van der Waals surface area contributed by atoms with Crippen LogP contribution in [0.3, 0.4) is 0 Å². The zero-order valence-electron chi connectivity index (χ0n) is 8.38. The van der Waals surface area contributed by atoms with Crippen molar-refractivity contribution in [1.29, 1.82) is 0 Å². The minimum atomic E-state index is -1.01. The van der Waals surface area contributed by atoms with E-state index in [0.29, 0.717) is 23.2 Å². The fourth-order valence-corrected chi connectivity index (χ4v) is 2.18. The number of aromatic carboxylic acids is 1. The van der Waals surface area contributed by atoms with Gasteiger partial charge in [-0.3, -0.25) is 4.79 Å². The van der Waals surface area contributed by atoms with Crippen LogP contribution in [0.1, 0.15) is 20.2 Å². The second-order valence-corrected chi connectivity index (χ2v) is 4.09. The first-order chi connectivity index (χ1) is 7.65. The van der Waals surface area contributed by atoms with Crippen LogP contribution in [-0.4, -0.2) is 26.9 Å². The van der Waals surface area contributed by atoms with E-state index in [2.05, 4.69) is 4.98 Å². The van der Waals surface area contributed by atoms with Crippen LogP contribution in [0.2, 0.25) is 0 Å². The first-order valence-corrected chi connectivity index (χ1v) is 5.30. The van der Waals surface area contributed by atoms with Crippen molar-refractivity contribution in [2.45, 2.75) is 0 Å². The van der Waals surface area contributed by atoms with Gasteiger partial charge in [0.1, 0.15) is 16.3 Å². The predicted octanol–water partition coefficient (Wildman–Crippen LogP) is 1.66. The third-order valence-corrected chi connectivity index (χ3v) is 3.11. The van der Waals surface area contributed by atoms with Crippen molar-refractivity contribution >= 4 is 23.6 Å². The normalized spacial score (nSPS) is 10.3. The minimum absolute atomic E-state index is 0.196. The molecule has 0 aromatic carbocycles. The van der Waals surface area contributed by atoms with Gasteiger partial charge in [-0.2, -0.15) is 0 Å². The Hall–Kier alpha value is -1.95. The molecule has 0 aliphatic heterocycles. The fourth-order valence-electron chi connectivity index (χ4n) is 1.45. The van der Waals surface area contributed by atoms with Crippen LogP contribution in [0.5, 0.6) is 0 Å². The number of aryl methyl sites for hydroxylation is 1. The molecule has 2 rings (SSSR count). The number of thiophene rings is 1. The number of carbonyl (C=O) groups excluding carboxylic acids is 1. The molecule has 0 fully saturated rings. The van der Waals surface area contributed by atoms with Crippen LogP contribution in [0.15, 0.2) is 17.8 Å². The molecule has 0 amide bonds. The van der Waals surface area contributed by atoms with Crippen molar-refractivity contribution < 1.29 is 14.7 Å². The van der Waals surface area contributed by atoms with Crippen LogP contribution in [0.25, 0.3) is 11.3 Å². The molecule has 1 N–H and O–H groups in total. The summed E-state index contributed by atoms with van der Waals surface area (Å²) in [6.45, 7) is 0. The Morgan fingerprint density at radius 1 is 1.62 bits per heavy atom. The van der Waals surface area contributed by atoms with Gasteiger partial charge < -0.3 is 9.67 Å². The number of hydrogen-bond donors (Lipinski definition) is 1. The van der Waals surface area contributed by atoms with E-state index < -0.39 is 5.97 Å². The van der Waals surface area contributed by atoms with Gasteiger partial charge in [-0.05, 0) is 11.4 Å². The van der Waals surface area contributed by atoms with Crippen LogP contribution in [0, 0.1) is 0 Å². The summed E-state index contributed by atoms with van der Waals surface area (Å²) in [6.07, 6.45) is 2.16. The molecule has 6 heteroatoms. The Balaban J connectivity index is 2.63. The maximum absolute atomic E-state index is 11.0. The molecule has 16 heavy (non-hydrogen) atoms. The second kappa shape index (κ2) is 3.90. The van der Waals surface area contributed by atoms with Crippen LogP contribution in [-0.2, 0) is 7.05 Å². The highest BCUT2D eigenvalue weighted by atomic mass is 32.1. The lowest BCUT2D eigenvalue weighted by molar-refractivity contribution is 0.0702. The largest absolute Gasteiger partial charge is 0.477 e. The molecule has 0 aliphatic carbocycles. The Bertz CT molecular complexity index is 556. The smallest absolute Gasteiger partial charge is 0.346 e. The third kappa shape index (κ3) is 1.53. The molecule has 0 bridgehead atoms. The molecule has 0 unspecified atom stereocenters. The Morgan fingerprint density at radius 3 is 3.00 bits per heavy atom. The molecule has 2 aromatic rings. The lowest BCUT2D eigenvalue weighted by Crippen LogP contribution is -1.98. The number of rotatable bonds is 3. The van der Waals surface area contributed by atoms with Gasteiger partial charge >= 0.3 is 5.97 Å². The third-order valence-electron chi connectivity index (χ3n) is 2.21. The van der Waals surface area contributed by atoms with E-state index in [4.69, 9.17) is 5.11 Å². The summed E-state index contributed by atoms with van der Waals surface area (Å²) in [7, 11) is 1.69. The summed E-state index contributed by atoms with van der Waals surface area (Å²) < 4.78 is 1.56. The van der Waals surface area contributed by atoms with Crippen LogP contribution in [0.4, 0.5) is 0 Å². The molecule has 0 radical (unpaired) electrons. The minimum Gasteiger partial charge on any atom is -0.477 e. The predicted molar refractivity (Wildman–Crippen MR) is 58.9 cm³/mol. The van der Waals surface area contributed by atoms with E-state index in [-0.39, 0.29) is 4.88 Å². The number of hydrogen-bond acceptors (Lipinski definition) is 4. The van der Waals surface area contributed by atoms with Crippen molar-refractivity contribution in [3.05, 3.63) is 28.3 Å². The number of carboxylic acids is 1. The molecule has 0 atom stereocenters. The van der Waals surface area contributed by atoms with E-state index in [1.807, 2.05) is 0 Å². The Labute approximate surface area is 95.0 Å². The number of carboxylic acid groups (broad SMARTS) is 1. The van der Waals surface area contributed by atoms with Crippen LogP contribution < -0.4 is 0 Å². The first-order valence-electron chi connectivity index (χ1n) is 4.42. The molecule has 2 aromatic heterocycles. The summed E-state index contributed by atoms with van der Waals surface area (Å²) in [4.78, 5) is 26.1. The SMILES string of the molecule is Cn1cnc(-c2ccsc2C(=O)O)c1C=O. The van der Waals surface area contributed by atoms with Crippen molar-refractivity contribution in [3.8, 4) is 11.3 Å². The molecule has 0 aliphatic rings. The highest BCUT2D eigenvalue weighted by molar-refractivity contribution is 7.12. The summed E-state index contributed by atoms with van der Waals surface area (Å²) in [5.74, 6) is -1.01. The monoisotopic (exact) mass is 236 g/mol. The molecule has 0 saturated heterocycles. The molecule has 82 valence electrons. The van der Waals surface area contributed by atoms with Crippen molar-refractivity contribution in [2.75, 3.05) is 0 Å².